The number of benzene rings is 1. The molecule has 0 N–H and O–H groups in total. The first-order valence-electron chi connectivity index (χ1n) is 8.00. The van der Waals surface area contributed by atoms with Gasteiger partial charge in [-0.1, -0.05) is 30.8 Å². The number of amides is 1. The summed E-state index contributed by atoms with van der Waals surface area (Å²) in [6.45, 7) is 4.13. The molecule has 24 heavy (non-hydrogen) atoms. The fourth-order valence-electron chi connectivity index (χ4n) is 2.56. The summed E-state index contributed by atoms with van der Waals surface area (Å²) in [5.41, 5.74) is 2.03. The Labute approximate surface area is 146 Å². The number of hydrogen-bond donors (Lipinski definition) is 0. The molecule has 124 valence electrons. The summed E-state index contributed by atoms with van der Waals surface area (Å²) >= 11 is 1.63. The van der Waals surface area contributed by atoms with Crippen LogP contribution < -0.4 is 0 Å². The van der Waals surface area contributed by atoms with Crippen molar-refractivity contribution in [1.82, 2.24) is 4.90 Å². The monoisotopic (exact) mass is 340 g/mol. The Morgan fingerprint density at radius 1 is 1.42 bits per heavy atom. The standard InChI is InChI=1S/C19H20N2O2S/c1-3-16-13-24-19(20-15-7-4-6-14(2)12-15)21(16)18(22)10-9-17-8-5-11-23-17/h4-12,16H,3,13H2,1-2H3/b10-9+,20-19?/t16-/m1/s1. The molecule has 0 bridgehead atoms. The van der Waals surface area contributed by atoms with Gasteiger partial charge >= 0.3 is 0 Å². The second-order valence-electron chi connectivity index (χ2n) is 5.66. The molecule has 2 heterocycles. The lowest BCUT2D eigenvalue weighted by molar-refractivity contribution is -0.123. The van der Waals surface area contributed by atoms with Gasteiger partial charge in [-0.15, -0.1) is 0 Å². The van der Waals surface area contributed by atoms with Crippen LogP contribution in [0, 0.1) is 6.92 Å². The summed E-state index contributed by atoms with van der Waals surface area (Å²) in [6.07, 6.45) is 5.75. The maximum atomic E-state index is 12.7. The number of rotatable bonds is 4. The first kappa shape index (κ1) is 16.6. The van der Waals surface area contributed by atoms with E-state index >= 15 is 0 Å². The fourth-order valence-corrected chi connectivity index (χ4v) is 3.83. The molecule has 0 unspecified atom stereocenters. The predicted octanol–water partition coefficient (Wildman–Crippen LogP) is 4.64. The van der Waals surface area contributed by atoms with Crippen LogP contribution in [0.4, 0.5) is 5.69 Å². The number of amidine groups is 1. The highest BCUT2D eigenvalue weighted by atomic mass is 32.2. The lowest BCUT2D eigenvalue weighted by atomic mass is 10.2. The Balaban J connectivity index is 1.84. The molecule has 1 saturated heterocycles. The molecular weight excluding hydrogens is 320 g/mol. The number of aryl methyl sites for hydroxylation is 1. The van der Waals surface area contributed by atoms with Crippen molar-refractivity contribution >= 4 is 34.6 Å². The van der Waals surface area contributed by atoms with E-state index < -0.39 is 0 Å². The van der Waals surface area contributed by atoms with E-state index in [4.69, 9.17) is 9.41 Å². The molecule has 1 aliphatic heterocycles. The molecule has 0 spiro atoms. The maximum absolute atomic E-state index is 12.7. The van der Waals surface area contributed by atoms with Gasteiger partial charge in [-0.05, 0) is 49.2 Å². The lowest BCUT2D eigenvalue weighted by Crippen LogP contribution is -2.37. The number of nitrogens with zero attached hydrogens (tertiary/aromatic N) is 2. The Morgan fingerprint density at radius 3 is 3.00 bits per heavy atom. The highest BCUT2D eigenvalue weighted by molar-refractivity contribution is 8.14. The van der Waals surface area contributed by atoms with Crippen molar-refractivity contribution in [3.63, 3.8) is 0 Å². The molecule has 2 aromatic rings. The third-order valence-corrected chi connectivity index (χ3v) is 4.94. The van der Waals surface area contributed by atoms with Gasteiger partial charge in [0.1, 0.15) is 5.76 Å². The zero-order chi connectivity index (χ0) is 16.9. The molecule has 1 amide bonds. The normalized spacial score (nSPS) is 19.5. The van der Waals surface area contributed by atoms with E-state index in [0.29, 0.717) is 5.76 Å². The van der Waals surface area contributed by atoms with Gasteiger partial charge in [-0.25, -0.2) is 4.99 Å². The molecule has 0 saturated carbocycles. The summed E-state index contributed by atoms with van der Waals surface area (Å²) in [4.78, 5) is 19.2. The highest BCUT2D eigenvalue weighted by Crippen LogP contribution is 2.29. The first-order valence-corrected chi connectivity index (χ1v) is 8.99. The quantitative estimate of drug-likeness (QED) is 0.762. The van der Waals surface area contributed by atoms with Gasteiger partial charge in [0.2, 0.25) is 0 Å². The maximum Gasteiger partial charge on any atom is 0.252 e. The van der Waals surface area contributed by atoms with Crippen molar-refractivity contribution in [1.29, 1.82) is 0 Å². The van der Waals surface area contributed by atoms with Crippen LogP contribution in [0.1, 0.15) is 24.7 Å². The molecule has 1 aromatic carbocycles. The minimum Gasteiger partial charge on any atom is -0.465 e. The summed E-state index contributed by atoms with van der Waals surface area (Å²) in [6, 6.07) is 11.8. The van der Waals surface area contributed by atoms with Gasteiger partial charge in [0.25, 0.3) is 5.91 Å². The molecule has 5 heteroatoms. The molecule has 0 radical (unpaired) electrons. The number of furan rings is 1. The number of carbonyl (C=O) groups is 1. The fraction of sp³-hybridized carbons (Fsp3) is 0.263. The van der Waals surface area contributed by atoms with Crippen LogP contribution in [0.3, 0.4) is 0 Å². The zero-order valence-corrected chi connectivity index (χ0v) is 14.6. The molecule has 1 fully saturated rings. The largest absolute Gasteiger partial charge is 0.465 e. The Bertz CT molecular complexity index is 765. The van der Waals surface area contributed by atoms with E-state index in [1.54, 1.807) is 41.1 Å². The first-order chi connectivity index (χ1) is 11.7. The van der Waals surface area contributed by atoms with Crippen molar-refractivity contribution in [2.45, 2.75) is 26.3 Å². The van der Waals surface area contributed by atoms with Crippen molar-refractivity contribution < 1.29 is 9.21 Å². The summed E-state index contributed by atoms with van der Waals surface area (Å²) < 4.78 is 5.24. The highest BCUT2D eigenvalue weighted by Gasteiger charge is 2.32. The number of hydrogen-bond acceptors (Lipinski definition) is 4. The molecule has 4 nitrogen and oxygen atoms in total. The summed E-state index contributed by atoms with van der Waals surface area (Å²) in [7, 11) is 0. The van der Waals surface area contributed by atoms with Crippen LogP contribution in [0.15, 0.2) is 58.1 Å². The topological polar surface area (TPSA) is 45.8 Å². The van der Waals surface area contributed by atoms with E-state index in [-0.39, 0.29) is 11.9 Å². The predicted molar refractivity (Wildman–Crippen MR) is 99.4 cm³/mol. The molecular formula is C19H20N2O2S. The van der Waals surface area contributed by atoms with Crippen molar-refractivity contribution in [2.75, 3.05) is 5.75 Å². The van der Waals surface area contributed by atoms with Crippen LogP contribution in [0.25, 0.3) is 6.08 Å². The van der Waals surface area contributed by atoms with Gasteiger partial charge in [0.05, 0.1) is 12.0 Å². The molecule has 0 aliphatic carbocycles. The third-order valence-electron chi connectivity index (χ3n) is 3.84. The number of carbonyl (C=O) groups excluding carboxylic acids is 1. The van der Waals surface area contributed by atoms with Crippen LogP contribution >= 0.6 is 11.8 Å². The van der Waals surface area contributed by atoms with E-state index in [1.165, 1.54) is 0 Å². The van der Waals surface area contributed by atoms with Crippen molar-refractivity contribution in [2.24, 2.45) is 4.99 Å². The van der Waals surface area contributed by atoms with E-state index in [0.717, 1.165) is 28.6 Å². The average molecular weight is 340 g/mol. The lowest BCUT2D eigenvalue weighted by Gasteiger charge is -2.21. The van der Waals surface area contributed by atoms with E-state index in [1.807, 2.05) is 37.3 Å². The number of thioether (sulfide) groups is 1. The van der Waals surface area contributed by atoms with Gasteiger partial charge in [-0.2, -0.15) is 0 Å². The summed E-state index contributed by atoms with van der Waals surface area (Å²) in [5.74, 6) is 1.48. The smallest absolute Gasteiger partial charge is 0.252 e. The van der Waals surface area contributed by atoms with Gasteiger partial charge in [0.15, 0.2) is 5.17 Å². The minimum atomic E-state index is -0.0605. The third kappa shape index (κ3) is 3.79. The number of aliphatic imine (C=N–C) groups is 1. The SMILES string of the molecule is CC[C@@H]1CSC(=Nc2cccc(C)c2)N1C(=O)/C=C/c1ccco1. The Kier molecular flexibility index (Phi) is 5.20. The van der Waals surface area contributed by atoms with E-state index in [9.17, 15) is 4.79 Å². The average Bonchev–Trinajstić information content (AvgIpc) is 3.22. The van der Waals surface area contributed by atoms with Crippen LogP contribution in [-0.4, -0.2) is 27.8 Å². The Morgan fingerprint density at radius 2 is 2.29 bits per heavy atom. The molecule has 3 rings (SSSR count). The molecule has 1 aliphatic rings. The second kappa shape index (κ2) is 7.53. The van der Waals surface area contributed by atoms with Crippen LogP contribution in [0.5, 0.6) is 0 Å². The summed E-state index contributed by atoms with van der Waals surface area (Å²) in [5, 5.41) is 0.765. The zero-order valence-electron chi connectivity index (χ0n) is 13.8. The van der Waals surface area contributed by atoms with Crippen molar-refractivity contribution in [3.05, 3.63) is 60.1 Å². The molecule has 1 aromatic heterocycles. The van der Waals surface area contributed by atoms with E-state index in [2.05, 4.69) is 6.92 Å². The van der Waals surface area contributed by atoms with Crippen molar-refractivity contribution in [3.8, 4) is 0 Å². The van der Waals surface area contributed by atoms with Crippen LogP contribution in [0.2, 0.25) is 0 Å². The van der Waals surface area contributed by atoms with Crippen LogP contribution in [-0.2, 0) is 4.79 Å². The van der Waals surface area contributed by atoms with Gasteiger partial charge in [-0.3, -0.25) is 9.69 Å². The molecule has 1 atom stereocenters. The minimum absolute atomic E-state index is 0.0605. The second-order valence-corrected chi connectivity index (χ2v) is 6.65. The van der Waals surface area contributed by atoms with Gasteiger partial charge in [0, 0.05) is 17.9 Å². The Hall–Kier alpha value is -2.27. The van der Waals surface area contributed by atoms with Gasteiger partial charge < -0.3 is 4.42 Å².